The molecule has 0 aromatic carbocycles. The summed E-state index contributed by atoms with van der Waals surface area (Å²) >= 11 is 0. The maximum Gasteiger partial charge on any atom is 1.00 e. The summed E-state index contributed by atoms with van der Waals surface area (Å²) < 4.78 is 4.53. The molecule has 1 aromatic heterocycles. The molecular formula is C4H3NaO. The smallest absolute Gasteiger partial charge is 0.576 e. The summed E-state index contributed by atoms with van der Waals surface area (Å²) in [6.45, 7) is 0. The number of hydrogen-bond acceptors (Lipinski definition) is 1. The topological polar surface area (TPSA) is 13.1 Å². The fourth-order valence-electron chi connectivity index (χ4n) is 0.196. The molecule has 26 valence electrons. The Balaban J connectivity index is 0.000000250. The Labute approximate surface area is 58.6 Å². The molecule has 0 aliphatic rings. The molecule has 6 heavy (non-hydrogen) atoms. The fourth-order valence-corrected chi connectivity index (χ4v) is 0.196. The van der Waals surface area contributed by atoms with Crippen LogP contribution in [-0.4, -0.2) is 0 Å². The van der Waals surface area contributed by atoms with E-state index in [0.29, 0.717) is 0 Å². The Morgan fingerprint density at radius 1 is 1.50 bits per heavy atom. The van der Waals surface area contributed by atoms with E-state index in [9.17, 15) is 0 Å². The van der Waals surface area contributed by atoms with Crippen LogP contribution in [0, 0.1) is 6.07 Å². The minimum Gasteiger partial charge on any atom is -0.576 e. The number of rotatable bonds is 0. The van der Waals surface area contributed by atoms with Crippen molar-refractivity contribution in [1.29, 1.82) is 0 Å². The van der Waals surface area contributed by atoms with E-state index in [1.54, 1.807) is 12.3 Å². The summed E-state index contributed by atoms with van der Waals surface area (Å²) in [4.78, 5) is 0. The van der Waals surface area contributed by atoms with Gasteiger partial charge in [0, 0.05) is 0 Å². The molecule has 1 heterocycles. The van der Waals surface area contributed by atoms with E-state index in [1.165, 1.54) is 6.26 Å². The first-order valence-corrected chi connectivity index (χ1v) is 1.38. The van der Waals surface area contributed by atoms with E-state index >= 15 is 0 Å². The van der Waals surface area contributed by atoms with Gasteiger partial charge in [0.15, 0.2) is 0 Å². The van der Waals surface area contributed by atoms with Crippen LogP contribution in [0.5, 0.6) is 0 Å². The Morgan fingerprint density at radius 2 is 2.33 bits per heavy atom. The Hall–Kier alpha value is 0.280. The van der Waals surface area contributed by atoms with Gasteiger partial charge >= 0.3 is 29.6 Å². The van der Waals surface area contributed by atoms with Crippen LogP contribution >= 0.6 is 0 Å². The zero-order valence-electron chi connectivity index (χ0n) is 3.64. The predicted molar refractivity (Wildman–Crippen MR) is 17.5 cm³/mol. The molecule has 0 saturated heterocycles. The maximum absolute atomic E-state index is 4.53. The van der Waals surface area contributed by atoms with E-state index in [1.807, 2.05) is 0 Å². The molecule has 2 heteroatoms. The SMILES string of the molecule is [Na+].[c-]1ccoc1. The van der Waals surface area contributed by atoms with Gasteiger partial charge in [-0.15, -0.1) is 0 Å². The second kappa shape index (κ2) is 3.47. The van der Waals surface area contributed by atoms with Crippen LogP contribution < -0.4 is 29.6 Å². The standard InChI is InChI=1S/C4H3O.Na/c1-2-4-5-3-1;/h1,3-4H;/q-1;+1. The molecule has 0 aliphatic carbocycles. The largest absolute Gasteiger partial charge is 1.00 e. The summed E-state index contributed by atoms with van der Waals surface area (Å²) in [5, 5.41) is 0. The second-order valence-corrected chi connectivity index (χ2v) is 0.723. The molecule has 0 radical (unpaired) electrons. The Morgan fingerprint density at radius 3 is 2.50 bits per heavy atom. The van der Waals surface area contributed by atoms with Crippen molar-refractivity contribution in [3.05, 3.63) is 24.7 Å². The van der Waals surface area contributed by atoms with Gasteiger partial charge in [-0.25, -0.2) is 6.07 Å². The zero-order chi connectivity index (χ0) is 3.54. The third-order valence-corrected chi connectivity index (χ3v) is 0.379. The minimum absolute atomic E-state index is 0. The van der Waals surface area contributed by atoms with E-state index in [4.69, 9.17) is 0 Å². The maximum atomic E-state index is 4.53. The Bertz CT molecular complexity index is 64.0. The van der Waals surface area contributed by atoms with Gasteiger partial charge < -0.3 is 4.42 Å². The van der Waals surface area contributed by atoms with Crippen molar-refractivity contribution >= 4 is 0 Å². The fraction of sp³-hybridized carbons (Fsp3) is 0. The van der Waals surface area contributed by atoms with Crippen molar-refractivity contribution in [3.8, 4) is 0 Å². The van der Waals surface area contributed by atoms with Crippen LogP contribution in [0.1, 0.15) is 0 Å². The van der Waals surface area contributed by atoms with Crippen molar-refractivity contribution in [2.45, 2.75) is 0 Å². The molecular weight excluding hydrogens is 87.0 g/mol. The van der Waals surface area contributed by atoms with Crippen LogP contribution in [0.3, 0.4) is 0 Å². The van der Waals surface area contributed by atoms with Gasteiger partial charge in [-0.05, 0) is 6.26 Å². The molecule has 1 rings (SSSR count). The summed E-state index contributed by atoms with van der Waals surface area (Å²) in [6.07, 6.45) is 3.07. The average Bonchev–Trinajstić information content (AvgIpc) is 1.76. The van der Waals surface area contributed by atoms with Gasteiger partial charge in [-0.1, -0.05) is 6.26 Å². The van der Waals surface area contributed by atoms with Crippen molar-refractivity contribution in [3.63, 3.8) is 0 Å². The van der Waals surface area contributed by atoms with E-state index in [-0.39, 0.29) is 29.6 Å². The van der Waals surface area contributed by atoms with Crippen molar-refractivity contribution < 1.29 is 34.0 Å². The molecule has 0 bridgehead atoms. The monoisotopic (exact) mass is 90.0 g/mol. The van der Waals surface area contributed by atoms with Crippen LogP contribution in [0.15, 0.2) is 23.0 Å². The third kappa shape index (κ3) is 1.65. The number of furan rings is 1. The van der Waals surface area contributed by atoms with Gasteiger partial charge in [-0.3, -0.25) is 0 Å². The van der Waals surface area contributed by atoms with E-state index in [0.717, 1.165) is 0 Å². The summed E-state index contributed by atoms with van der Waals surface area (Å²) in [5.74, 6) is 0. The normalized spacial score (nSPS) is 6.67. The molecule has 0 saturated carbocycles. The van der Waals surface area contributed by atoms with Crippen LogP contribution in [0.25, 0.3) is 0 Å². The zero-order valence-corrected chi connectivity index (χ0v) is 5.64. The van der Waals surface area contributed by atoms with Gasteiger partial charge in [0.1, 0.15) is 0 Å². The van der Waals surface area contributed by atoms with Crippen LogP contribution in [0.4, 0.5) is 0 Å². The van der Waals surface area contributed by atoms with Crippen molar-refractivity contribution in [2.24, 2.45) is 0 Å². The van der Waals surface area contributed by atoms with Gasteiger partial charge in [0.05, 0.1) is 0 Å². The minimum atomic E-state index is 0. The van der Waals surface area contributed by atoms with Gasteiger partial charge in [0.25, 0.3) is 0 Å². The van der Waals surface area contributed by atoms with Gasteiger partial charge in [0.2, 0.25) is 0 Å². The van der Waals surface area contributed by atoms with Crippen molar-refractivity contribution in [1.82, 2.24) is 0 Å². The molecule has 0 atom stereocenters. The van der Waals surface area contributed by atoms with Crippen LogP contribution in [0.2, 0.25) is 0 Å². The molecule has 1 aromatic rings. The third-order valence-electron chi connectivity index (χ3n) is 0.379. The van der Waals surface area contributed by atoms with Crippen LogP contribution in [-0.2, 0) is 0 Å². The number of hydrogen-bond donors (Lipinski definition) is 0. The summed E-state index contributed by atoms with van der Waals surface area (Å²) in [5.41, 5.74) is 0. The quantitative estimate of drug-likeness (QED) is 0.267. The first kappa shape index (κ1) is 6.28. The molecule has 0 unspecified atom stereocenters. The first-order chi connectivity index (χ1) is 2.50. The summed E-state index contributed by atoms with van der Waals surface area (Å²) in [7, 11) is 0. The molecule has 0 spiro atoms. The molecule has 0 amide bonds. The summed E-state index contributed by atoms with van der Waals surface area (Å²) in [6, 6.07) is 4.40. The van der Waals surface area contributed by atoms with E-state index < -0.39 is 0 Å². The molecule has 0 fully saturated rings. The average molecular weight is 90.1 g/mol. The predicted octanol–water partition coefficient (Wildman–Crippen LogP) is -1.92. The van der Waals surface area contributed by atoms with E-state index in [2.05, 4.69) is 10.5 Å². The second-order valence-electron chi connectivity index (χ2n) is 0.723. The van der Waals surface area contributed by atoms with Gasteiger partial charge in [-0.2, -0.15) is 6.07 Å². The molecule has 0 aliphatic heterocycles. The molecule has 0 N–H and O–H groups in total. The first-order valence-electron chi connectivity index (χ1n) is 1.38. The Kier molecular flexibility index (Phi) is 3.63. The van der Waals surface area contributed by atoms with Crippen molar-refractivity contribution in [2.75, 3.05) is 0 Å². The molecule has 1 nitrogen and oxygen atoms in total.